The lowest BCUT2D eigenvalue weighted by Crippen LogP contribution is -2.32. The Morgan fingerprint density at radius 1 is 1.29 bits per heavy atom. The van der Waals surface area contributed by atoms with Crippen molar-refractivity contribution in [3.05, 3.63) is 30.4 Å². The quantitative estimate of drug-likeness (QED) is 0.641. The van der Waals surface area contributed by atoms with Gasteiger partial charge >= 0.3 is 5.92 Å². The predicted octanol–water partition coefficient (Wildman–Crippen LogP) is 2.32. The summed E-state index contributed by atoms with van der Waals surface area (Å²) in [4.78, 5) is 25.7. The van der Waals surface area contributed by atoms with Crippen molar-refractivity contribution in [3.63, 3.8) is 0 Å². The first-order valence-electron chi connectivity index (χ1n) is 9.97. The van der Waals surface area contributed by atoms with Gasteiger partial charge in [-0.25, -0.2) is 19.6 Å². The van der Waals surface area contributed by atoms with Crippen LogP contribution < -0.4 is 15.5 Å². The number of nitrogens with zero attached hydrogens (tertiary/aromatic N) is 6. The summed E-state index contributed by atoms with van der Waals surface area (Å²) in [7, 11) is 1.93. The molecule has 31 heavy (non-hydrogen) atoms. The molecule has 0 aliphatic carbocycles. The minimum absolute atomic E-state index is 0.208. The van der Waals surface area contributed by atoms with Gasteiger partial charge in [0.2, 0.25) is 11.7 Å². The Balaban J connectivity index is 1.87. The van der Waals surface area contributed by atoms with Gasteiger partial charge in [0.05, 0.1) is 10.9 Å². The van der Waals surface area contributed by atoms with Crippen molar-refractivity contribution >= 4 is 28.4 Å². The van der Waals surface area contributed by atoms with Gasteiger partial charge in [0, 0.05) is 57.5 Å². The molecule has 11 heteroatoms. The summed E-state index contributed by atoms with van der Waals surface area (Å²) in [6.07, 6.45) is 2.92. The van der Waals surface area contributed by atoms with Crippen molar-refractivity contribution < 1.29 is 13.6 Å². The molecule has 4 rings (SSSR count). The maximum Gasteiger partial charge on any atom is 0.303 e. The summed E-state index contributed by atoms with van der Waals surface area (Å²) in [5.74, 6) is -2.40. The number of hydrogen-bond donors (Lipinski definition) is 2. The normalized spacial score (nSPS) is 19.2. The van der Waals surface area contributed by atoms with E-state index in [0.29, 0.717) is 29.1 Å². The van der Waals surface area contributed by atoms with Crippen LogP contribution in [-0.2, 0) is 10.7 Å². The van der Waals surface area contributed by atoms with Crippen molar-refractivity contribution in [2.24, 2.45) is 5.92 Å². The number of likely N-dealkylation sites (N-methyl/N-ethyl adjacent to an activating group) is 1. The fraction of sp³-hybridized carbons (Fsp3) is 0.450. The van der Waals surface area contributed by atoms with Crippen LogP contribution in [0.2, 0.25) is 0 Å². The molecule has 0 spiro atoms. The number of hydrogen-bond acceptors (Lipinski definition) is 7. The summed E-state index contributed by atoms with van der Waals surface area (Å²) >= 11 is 0. The van der Waals surface area contributed by atoms with Crippen LogP contribution in [0.1, 0.15) is 26.6 Å². The monoisotopic (exact) mass is 430 g/mol. The van der Waals surface area contributed by atoms with Crippen LogP contribution in [-0.4, -0.2) is 56.8 Å². The van der Waals surface area contributed by atoms with E-state index in [1.54, 1.807) is 12.3 Å². The van der Waals surface area contributed by atoms with Crippen LogP contribution >= 0.6 is 0 Å². The molecule has 3 aromatic heterocycles. The zero-order valence-electron chi connectivity index (χ0n) is 17.7. The number of pyridine rings is 1. The SMILES string of the molecule is CNC1CN(c2nn(-c3ccnc(C(C)(F)F)n3)c3cc(NC(C)=O)ncc23)CC1C. The smallest absolute Gasteiger partial charge is 0.303 e. The third-order valence-corrected chi connectivity index (χ3v) is 5.38. The van der Waals surface area contributed by atoms with Gasteiger partial charge in [0.1, 0.15) is 5.82 Å². The molecule has 1 aliphatic rings. The minimum Gasteiger partial charge on any atom is -0.353 e. The summed E-state index contributed by atoms with van der Waals surface area (Å²) in [5.41, 5.74) is 0.596. The molecule has 4 heterocycles. The minimum atomic E-state index is -3.19. The molecule has 2 atom stereocenters. The molecule has 0 radical (unpaired) electrons. The summed E-state index contributed by atoms with van der Waals surface area (Å²) in [6.45, 7) is 5.83. The molecular formula is C20H24F2N8O. The average molecular weight is 430 g/mol. The van der Waals surface area contributed by atoms with Crippen molar-refractivity contribution in [1.82, 2.24) is 30.0 Å². The van der Waals surface area contributed by atoms with Crippen molar-refractivity contribution in [3.8, 4) is 5.82 Å². The summed E-state index contributed by atoms with van der Waals surface area (Å²) in [5, 5.41) is 11.4. The Hall–Kier alpha value is -3.21. The van der Waals surface area contributed by atoms with Gasteiger partial charge in [-0.15, -0.1) is 5.10 Å². The van der Waals surface area contributed by atoms with Gasteiger partial charge in [-0.3, -0.25) is 4.79 Å². The zero-order chi connectivity index (χ0) is 22.3. The van der Waals surface area contributed by atoms with Crippen molar-refractivity contribution in [2.45, 2.75) is 32.7 Å². The fourth-order valence-electron chi connectivity index (χ4n) is 3.85. The van der Waals surface area contributed by atoms with E-state index >= 15 is 0 Å². The molecule has 2 unspecified atom stereocenters. The largest absolute Gasteiger partial charge is 0.353 e. The van der Waals surface area contributed by atoms with E-state index < -0.39 is 11.7 Å². The van der Waals surface area contributed by atoms with Crippen LogP contribution in [0, 0.1) is 5.92 Å². The molecule has 0 bridgehead atoms. The highest BCUT2D eigenvalue weighted by Crippen LogP contribution is 2.33. The molecular weight excluding hydrogens is 406 g/mol. The molecule has 0 saturated carbocycles. The van der Waals surface area contributed by atoms with Crippen molar-refractivity contribution in [2.75, 3.05) is 30.4 Å². The second-order valence-electron chi connectivity index (χ2n) is 7.91. The number of carbonyl (C=O) groups excluding carboxylic acids is 1. The number of rotatable bonds is 5. The van der Waals surface area contributed by atoms with E-state index in [4.69, 9.17) is 5.10 Å². The van der Waals surface area contributed by atoms with E-state index in [2.05, 4.69) is 37.4 Å². The maximum atomic E-state index is 13.8. The van der Waals surface area contributed by atoms with Crippen LogP contribution in [0.4, 0.5) is 20.4 Å². The van der Waals surface area contributed by atoms with E-state index in [0.717, 1.165) is 25.4 Å². The number of alkyl halides is 2. The second-order valence-corrected chi connectivity index (χ2v) is 7.91. The molecule has 164 valence electrons. The number of nitrogens with one attached hydrogen (secondary N) is 2. The zero-order valence-corrected chi connectivity index (χ0v) is 17.7. The lowest BCUT2D eigenvalue weighted by molar-refractivity contribution is -0.114. The summed E-state index contributed by atoms with van der Waals surface area (Å²) < 4.78 is 29.1. The van der Waals surface area contributed by atoms with E-state index in [9.17, 15) is 13.6 Å². The number of amides is 1. The number of anilines is 2. The van der Waals surface area contributed by atoms with E-state index in [1.165, 1.54) is 23.9 Å². The molecule has 1 aliphatic heterocycles. The average Bonchev–Trinajstić information content (AvgIpc) is 3.27. The fourth-order valence-corrected chi connectivity index (χ4v) is 3.85. The Morgan fingerprint density at radius 2 is 2.06 bits per heavy atom. The Kier molecular flexibility index (Phi) is 5.29. The first kappa shape index (κ1) is 21.0. The van der Waals surface area contributed by atoms with E-state index in [1.807, 2.05) is 7.05 Å². The third-order valence-electron chi connectivity index (χ3n) is 5.38. The van der Waals surface area contributed by atoms with Gasteiger partial charge in [-0.2, -0.15) is 8.78 Å². The Labute approximate surface area is 177 Å². The maximum absolute atomic E-state index is 13.8. The summed E-state index contributed by atoms with van der Waals surface area (Å²) in [6, 6.07) is 3.48. The van der Waals surface area contributed by atoms with Crippen LogP contribution in [0.25, 0.3) is 16.7 Å². The van der Waals surface area contributed by atoms with Crippen LogP contribution in [0.15, 0.2) is 24.5 Å². The Bertz CT molecular complexity index is 1130. The molecule has 9 nitrogen and oxygen atoms in total. The first-order valence-corrected chi connectivity index (χ1v) is 9.97. The number of fused-ring (bicyclic) bond motifs is 1. The highest BCUT2D eigenvalue weighted by Gasteiger charge is 2.32. The standard InChI is InChI=1S/C20H24F2N8O/c1-11-9-29(10-14(11)23-4)18-13-8-25-16(26-12(2)31)7-15(13)30(28-18)17-5-6-24-19(27-17)20(3,21)22/h5-8,11,14,23H,9-10H2,1-4H3,(H,25,26,31). The number of halogens is 2. The van der Waals surface area contributed by atoms with Gasteiger partial charge in [0.25, 0.3) is 0 Å². The molecule has 1 amide bonds. The third kappa shape index (κ3) is 4.05. The molecule has 3 aromatic rings. The highest BCUT2D eigenvalue weighted by molar-refractivity contribution is 5.95. The molecule has 2 N–H and O–H groups in total. The topological polar surface area (TPSA) is 101 Å². The predicted molar refractivity (Wildman–Crippen MR) is 113 cm³/mol. The number of aromatic nitrogens is 5. The second kappa shape index (κ2) is 7.80. The lowest BCUT2D eigenvalue weighted by Gasteiger charge is -2.15. The van der Waals surface area contributed by atoms with Crippen molar-refractivity contribution in [1.29, 1.82) is 0 Å². The lowest BCUT2D eigenvalue weighted by atomic mass is 10.1. The molecule has 1 fully saturated rings. The number of carbonyl (C=O) groups is 1. The highest BCUT2D eigenvalue weighted by atomic mass is 19.3. The van der Waals surface area contributed by atoms with E-state index in [-0.39, 0.29) is 11.7 Å². The molecule has 1 saturated heterocycles. The van der Waals surface area contributed by atoms with Gasteiger partial charge in [0.15, 0.2) is 11.6 Å². The van der Waals surface area contributed by atoms with Gasteiger partial charge in [-0.05, 0) is 13.0 Å². The Morgan fingerprint density at radius 3 is 2.71 bits per heavy atom. The van der Waals surface area contributed by atoms with Crippen LogP contribution in [0.3, 0.4) is 0 Å². The van der Waals surface area contributed by atoms with Gasteiger partial charge < -0.3 is 15.5 Å². The molecule has 0 aromatic carbocycles. The van der Waals surface area contributed by atoms with Crippen LogP contribution in [0.5, 0.6) is 0 Å². The van der Waals surface area contributed by atoms with Gasteiger partial charge in [-0.1, -0.05) is 6.92 Å². The first-order chi connectivity index (χ1) is 14.7.